The molecular weight excluding hydrogens is 356 g/mol. The van der Waals surface area contributed by atoms with Crippen LogP contribution in [0.25, 0.3) is 0 Å². The first-order chi connectivity index (χ1) is 13.5. The van der Waals surface area contributed by atoms with Gasteiger partial charge in [-0.25, -0.2) is 4.98 Å². The summed E-state index contributed by atoms with van der Waals surface area (Å²) < 4.78 is 0. The molecule has 8 heteroatoms. The molecule has 2 aromatic rings. The second-order valence-corrected chi connectivity index (χ2v) is 7.31. The molecule has 0 saturated carbocycles. The number of nitrogens with zero attached hydrogens (tertiary/aromatic N) is 4. The molecule has 2 amide bonds. The van der Waals surface area contributed by atoms with E-state index in [1.807, 2.05) is 24.3 Å². The summed E-state index contributed by atoms with van der Waals surface area (Å²) in [5.41, 5.74) is 9.29. The maximum atomic E-state index is 12.9. The molecular formula is C20H24N6O2. The molecule has 4 rings (SSSR count). The number of amides is 2. The van der Waals surface area contributed by atoms with Gasteiger partial charge >= 0.3 is 0 Å². The monoisotopic (exact) mass is 380 g/mol. The van der Waals surface area contributed by atoms with Crippen LogP contribution in [-0.4, -0.2) is 48.0 Å². The van der Waals surface area contributed by atoms with Crippen LogP contribution in [0.1, 0.15) is 24.2 Å². The Morgan fingerprint density at radius 2 is 1.71 bits per heavy atom. The van der Waals surface area contributed by atoms with E-state index in [0.717, 1.165) is 22.8 Å². The molecule has 0 radical (unpaired) electrons. The molecule has 0 saturated heterocycles. The molecule has 28 heavy (non-hydrogen) atoms. The van der Waals surface area contributed by atoms with Crippen LogP contribution in [0, 0.1) is 0 Å². The van der Waals surface area contributed by atoms with Crippen LogP contribution in [-0.2, 0) is 22.4 Å². The largest absolute Gasteiger partial charge is 0.358 e. The summed E-state index contributed by atoms with van der Waals surface area (Å²) in [7, 11) is 3.49. The lowest BCUT2D eigenvalue weighted by molar-refractivity contribution is -0.120. The van der Waals surface area contributed by atoms with Gasteiger partial charge in [0.25, 0.3) is 0 Å². The highest BCUT2D eigenvalue weighted by Crippen LogP contribution is 2.28. The van der Waals surface area contributed by atoms with Gasteiger partial charge in [-0.3, -0.25) is 14.6 Å². The molecule has 0 fully saturated rings. The summed E-state index contributed by atoms with van der Waals surface area (Å²) in [6.45, 7) is 0. The van der Waals surface area contributed by atoms with Gasteiger partial charge in [0.15, 0.2) is 0 Å². The third kappa shape index (κ3) is 3.20. The minimum atomic E-state index is -0.515. The van der Waals surface area contributed by atoms with Crippen LogP contribution in [0.15, 0.2) is 30.5 Å². The highest BCUT2D eigenvalue weighted by Gasteiger charge is 2.30. The SMILES string of the molecule is CN1C(=O)[C@H](N)CCc2nc(N[C@H]3CCc4ncccc4N(C)C3=O)ccc21. The Morgan fingerprint density at radius 1 is 1.00 bits per heavy atom. The average molecular weight is 380 g/mol. The fourth-order valence-corrected chi connectivity index (χ4v) is 3.84. The number of hydrogen-bond acceptors (Lipinski definition) is 6. The lowest BCUT2D eigenvalue weighted by Crippen LogP contribution is -2.40. The van der Waals surface area contributed by atoms with Crippen molar-refractivity contribution in [3.63, 3.8) is 0 Å². The Labute approximate surface area is 163 Å². The molecule has 0 aromatic carbocycles. The predicted molar refractivity (Wildman–Crippen MR) is 107 cm³/mol. The number of fused-ring (bicyclic) bond motifs is 2. The smallest absolute Gasteiger partial charge is 0.249 e. The number of likely N-dealkylation sites (N-methyl/N-ethyl adjacent to an activating group) is 2. The Balaban J connectivity index is 1.57. The van der Waals surface area contributed by atoms with Gasteiger partial charge in [0, 0.05) is 20.3 Å². The average Bonchev–Trinajstić information content (AvgIpc) is 2.89. The minimum absolute atomic E-state index is 0.0159. The van der Waals surface area contributed by atoms with Crippen molar-refractivity contribution in [1.82, 2.24) is 9.97 Å². The fourth-order valence-electron chi connectivity index (χ4n) is 3.84. The first-order valence-electron chi connectivity index (χ1n) is 9.47. The van der Waals surface area contributed by atoms with E-state index < -0.39 is 12.1 Å². The zero-order valence-electron chi connectivity index (χ0n) is 16.1. The van der Waals surface area contributed by atoms with Gasteiger partial charge in [0.2, 0.25) is 11.8 Å². The molecule has 146 valence electrons. The number of rotatable bonds is 2. The van der Waals surface area contributed by atoms with Crippen molar-refractivity contribution < 1.29 is 9.59 Å². The highest BCUT2D eigenvalue weighted by atomic mass is 16.2. The van der Waals surface area contributed by atoms with Crippen molar-refractivity contribution in [1.29, 1.82) is 0 Å². The minimum Gasteiger partial charge on any atom is -0.358 e. The van der Waals surface area contributed by atoms with Crippen LogP contribution in [0.3, 0.4) is 0 Å². The Morgan fingerprint density at radius 3 is 2.54 bits per heavy atom. The number of pyridine rings is 2. The summed E-state index contributed by atoms with van der Waals surface area (Å²) in [6.07, 6.45) is 4.27. The number of carbonyl (C=O) groups excluding carboxylic acids is 2. The van der Waals surface area contributed by atoms with Gasteiger partial charge in [-0.2, -0.15) is 0 Å². The number of nitrogens with two attached hydrogens (primary N) is 1. The zero-order valence-corrected chi connectivity index (χ0v) is 16.1. The molecule has 0 aliphatic carbocycles. The molecule has 2 aliphatic heterocycles. The Kier molecular flexibility index (Phi) is 4.72. The molecule has 4 heterocycles. The lowest BCUT2D eigenvalue weighted by atomic mass is 10.1. The molecule has 0 unspecified atom stereocenters. The highest BCUT2D eigenvalue weighted by molar-refractivity contribution is 6.00. The van der Waals surface area contributed by atoms with E-state index in [-0.39, 0.29) is 11.8 Å². The molecule has 0 spiro atoms. The van der Waals surface area contributed by atoms with Crippen molar-refractivity contribution in [2.45, 2.75) is 37.8 Å². The molecule has 8 nitrogen and oxygen atoms in total. The number of hydrogen-bond donors (Lipinski definition) is 2. The number of carbonyl (C=O) groups is 2. The summed E-state index contributed by atoms with van der Waals surface area (Å²) in [4.78, 5) is 37.5. The van der Waals surface area contributed by atoms with Crippen molar-refractivity contribution in [2.24, 2.45) is 5.73 Å². The maximum Gasteiger partial charge on any atom is 0.249 e. The Hall–Kier alpha value is -3.00. The van der Waals surface area contributed by atoms with Gasteiger partial charge in [0.1, 0.15) is 11.9 Å². The van der Waals surface area contributed by atoms with Crippen LogP contribution in [0.2, 0.25) is 0 Å². The second kappa shape index (κ2) is 7.20. The fraction of sp³-hybridized carbons (Fsp3) is 0.400. The third-order valence-electron chi connectivity index (χ3n) is 5.50. The standard InChI is InChI=1S/C20H24N6O2/c1-25-17-9-10-18(23-14(17)6-5-12(21)19(25)27)24-15-8-7-13-16(4-3-11-22-13)26(2)20(15)28/h3-4,9-12,15H,5-8,21H2,1-2H3,(H,23,24)/t12-,15+/m1/s1. The summed E-state index contributed by atoms with van der Waals surface area (Å²) in [5.74, 6) is 0.505. The molecule has 3 N–H and O–H groups in total. The normalized spacial score (nSPS) is 22.2. The van der Waals surface area contributed by atoms with Gasteiger partial charge in [0.05, 0.1) is 28.8 Å². The van der Waals surface area contributed by atoms with Crippen LogP contribution in [0.5, 0.6) is 0 Å². The maximum absolute atomic E-state index is 12.9. The van der Waals surface area contributed by atoms with Gasteiger partial charge < -0.3 is 20.9 Å². The van der Waals surface area contributed by atoms with Crippen LogP contribution >= 0.6 is 0 Å². The number of nitrogens with one attached hydrogen (secondary N) is 1. The predicted octanol–water partition coefficient (Wildman–Crippen LogP) is 1.10. The summed E-state index contributed by atoms with van der Waals surface area (Å²) >= 11 is 0. The van der Waals surface area contributed by atoms with Gasteiger partial charge in [-0.05, 0) is 49.9 Å². The first-order valence-corrected chi connectivity index (χ1v) is 9.47. The van der Waals surface area contributed by atoms with Crippen molar-refractivity contribution in [3.8, 4) is 0 Å². The van der Waals surface area contributed by atoms with Crippen LogP contribution in [0.4, 0.5) is 17.2 Å². The van der Waals surface area contributed by atoms with E-state index >= 15 is 0 Å². The Bertz CT molecular complexity index is 931. The lowest BCUT2D eigenvalue weighted by Gasteiger charge is -2.23. The zero-order chi connectivity index (χ0) is 19.8. The molecule has 2 aromatic heterocycles. The number of aromatic nitrogens is 2. The molecule has 0 bridgehead atoms. The van der Waals surface area contributed by atoms with Gasteiger partial charge in [-0.1, -0.05) is 0 Å². The molecule has 2 aliphatic rings. The third-order valence-corrected chi connectivity index (χ3v) is 5.50. The summed E-state index contributed by atoms with van der Waals surface area (Å²) in [5, 5.41) is 3.28. The van der Waals surface area contributed by atoms with E-state index in [2.05, 4.69) is 15.3 Å². The van der Waals surface area contributed by atoms with Crippen molar-refractivity contribution in [3.05, 3.63) is 41.9 Å². The second-order valence-electron chi connectivity index (χ2n) is 7.31. The molecule has 2 atom stereocenters. The quantitative estimate of drug-likeness (QED) is 0.809. The van der Waals surface area contributed by atoms with Gasteiger partial charge in [-0.15, -0.1) is 0 Å². The van der Waals surface area contributed by atoms with Crippen molar-refractivity contribution >= 4 is 29.0 Å². The topological polar surface area (TPSA) is 104 Å². The van der Waals surface area contributed by atoms with E-state index in [0.29, 0.717) is 31.5 Å². The number of aryl methyl sites for hydroxylation is 2. The van der Waals surface area contributed by atoms with E-state index in [9.17, 15) is 9.59 Å². The van der Waals surface area contributed by atoms with E-state index in [1.54, 1.807) is 30.1 Å². The number of anilines is 3. The van der Waals surface area contributed by atoms with E-state index in [4.69, 9.17) is 5.73 Å². The van der Waals surface area contributed by atoms with Crippen LogP contribution < -0.4 is 20.9 Å². The van der Waals surface area contributed by atoms with Crippen molar-refractivity contribution in [2.75, 3.05) is 29.2 Å². The van der Waals surface area contributed by atoms with E-state index in [1.165, 1.54) is 0 Å². The first kappa shape index (κ1) is 18.4. The summed E-state index contributed by atoms with van der Waals surface area (Å²) in [6, 6.07) is 6.52.